The van der Waals surface area contributed by atoms with Crippen molar-refractivity contribution in [1.82, 2.24) is 5.32 Å². The van der Waals surface area contributed by atoms with Gasteiger partial charge in [0.25, 0.3) is 5.91 Å². The first-order valence-corrected chi connectivity index (χ1v) is 10.9. The zero-order valence-corrected chi connectivity index (χ0v) is 19.1. The first-order chi connectivity index (χ1) is 14.8. The van der Waals surface area contributed by atoms with Crippen LogP contribution in [-0.2, 0) is 14.9 Å². The maximum atomic E-state index is 12.5. The SMILES string of the molecule is CC(C)(C)c1ccc(C(=O)NCCC(=O)Nc2cccc(Cl)c2N2CCOCC2)cc1. The lowest BCUT2D eigenvalue weighted by atomic mass is 9.87. The minimum Gasteiger partial charge on any atom is -0.378 e. The van der Waals surface area contributed by atoms with Gasteiger partial charge in [-0.1, -0.05) is 50.6 Å². The van der Waals surface area contributed by atoms with Crippen LogP contribution in [0.1, 0.15) is 43.1 Å². The number of para-hydroxylation sites is 1. The van der Waals surface area contributed by atoms with Crippen LogP contribution in [0.4, 0.5) is 11.4 Å². The molecule has 2 N–H and O–H groups in total. The minimum absolute atomic E-state index is 0.0352. The molecular weight excluding hydrogens is 414 g/mol. The fraction of sp³-hybridized carbons (Fsp3) is 0.417. The summed E-state index contributed by atoms with van der Waals surface area (Å²) in [7, 11) is 0. The van der Waals surface area contributed by atoms with Gasteiger partial charge in [-0.25, -0.2) is 0 Å². The number of carbonyl (C=O) groups excluding carboxylic acids is 2. The maximum Gasteiger partial charge on any atom is 0.251 e. The Bertz CT molecular complexity index is 917. The van der Waals surface area contributed by atoms with Crippen LogP contribution in [0.5, 0.6) is 0 Å². The zero-order chi connectivity index (χ0) is 22.4. The van der Waals surface area contributed by atoms with E-state index in [9.17, 15) is 9.59 Å². The Morgan fingerprint density at radius 3 is 2.39 bits per heavy atom. The number of halogens is 1. The molecule has 31 heavy (non-hydrogen) atoms. The number of nitrogens with zero attached hydrogens (tertiary/aromatic N) is 1. The van der Waals surface area contributed by atoms with E-state index in [-0.39, 0.29) is 30.2 Å². The zero-order valence-electron chi connectivity index (χ0n) is 18.3. The van der Waals surface area contributed by atoms with Gasteiger partial charge in [0.15, 0.2) is 0 Å². The van der Waals surface area contributed by atoms with E-state index in [4.69, 9.17) is 16.3 Å². The smallest absolute Gasteiger partial charge is 0.251 e. The second kappa shape index (κ2) is 10.2. The van der Waals surface area contributed by atoms with Crippen molar-refractivity contribution in [3.63, 3.8) is 0 Å². The van der Waals surface area contributed by atoms with Gasteiger partial charge >= 0.3 is 0 Å². The predicted molar refractivity (Wildman–Crippen MR) is 125 cm³/mol. The molecule has 0 unspecified atom stereocenters. The van der Waals surface area contributed by atoms with E-state index < -0.39 is 0 Å². The highest BCUT2D eigenvalue weighted by molar-refractivity contribution is 6.34. The average Bonchev–Trinajstić information content (AvgIpc) is 2.74. The predicted octanol–water partition coefficient (Wildman–Crippen LogP) is 4.23. The quantitative estimate of drug-likeness (QED) is 0.700. The molecule has 1 heterocycles. The molecule has 2 aromatic rings. The number of morpholine rings is 1. The van der Waals surface area contributed by atoms with Gasteiger partial charge in [-0.15, -0.1) is 0 Å². The number of ether oxygens (including phenoxy) is 1. The molecule has 1 fully saturated rings. The molecule has 6 nitrogen and oxygen atoms in total. The third kappa shape index (κ3) is 6.21. The van der Waals surface area contributed by atoms with E-state index in [1.807, 2.05) is 42.5 Å². The summed E-state index contributed by atoms with van der Waals surface area (Å²) in [6.07, 6.45) is 0.168. The summed E-state index contributed by atoms with van der Waals surface area (Å²) >= 11 is 6.41. The van der Waals surface area contributed by atoms with Gasteiger partial charge in [0, 0.05) is 31.6 Å². The number of amides is 2. The highest BCUT2D eigenvalue weighted by Crippen LogP contribution is 2.34. The van der Waals surface area contributed by atoms with Gasteiger partial charge in [-0.05, 0) is 35.2 Å². The van der Waals surface area contributed by atoms with Crippen LogP contribution in [0.25, 0.3) is 0 Å². The fourth-order valence-corrected chi connectivity index (χ4v) is 3.74. The average molecular weight is 444 g/mol. The molecule has 0 atom stereocenters. The summed E-state index contributed by atoms with van der Waals surface area (Å²) in [5.41, 5.74) is 3.26. The van der Waals surface area contributed by atoms with Crippen LogP contribution in [0.3, 0.4) is 0 Å². The number of rotatable bonds is 6. The largest absolute Gasteiger partial charge is 0.378 e. The molecule has 2 aromatic carbocycles. The van der Waals surface area contributed by atoms with E-state index in [0.29, 0.717) is 29.5 Å². The number of benzene rings is 2. The number of anilines is 2. The molecule has 1 aliphatic rings. The summed E-state index contributed by atoms with van der Waals surface area (Å²) in [6, 6.07) is 13.0. The third-order valence-corrected chi connectivity index (χ3v) is 5.54. The number of nitrogens with one attached hydrogen (secondary N) is 2. The summed E-state index contributed by atoms with van der Waals surface area (Å²) in [5, 5.41) is 6.33. The molecule has 2 amide bonds. The lowest BCUT2D eigenvalue weighted by molar-refractivity contribution is -0.116. The molecule has 1 aliphatic heterocycles. The van der Waals surface area contributed by atoms with E-state index in [2.05, 4.69) is 36.3 Å². The normalized spacial score (nSPS) is 14.3. The molecule has 7 heteroatoms. The first-order valence-electron chi connectivity index (χ1n) is 10.6. The molecule has 0 aliphatic carbocycles. The topological polar surface area (TPSA) is 70.7 Å². The van der Waals surface area contributed by atoms with Crippen LogP contribution in [0.2, 0.25) is 5.02 Å². The van der Waals surface area contributed by atoms with Gasteiger partial charge in [0.1, 0.15) is 0 Å². The van der Waals surface area contributed by atoms with Crippen molar-refractivity contribution in [3.8, 4) is 0 Å². The Hall–Kier alpha value is -2.57. The lowest BCUT2D eigenvalue weighted by Crippen LogP contribution is -2.37. The summed E-state index contributed by atoms with van der Waals surface area (Å²) in [5.74, 6) is -0.370. The van der Waals surface area contributed by atoms with Crippen LogP contribution in [0.15, 0.2) is 42.5 Å². The Labute approximate surface area is 188 Å². The Morgan fingerprint density at radius 2 is 1.74 bits per heavy atom. The van der Waals surface area contributed by atoms with Gasteiger partial charge in [0.05, 0.1) is 29.6 Å². The minimum atomic E-state index is -0.190. The van der Waals surface area contributed by atoms with Crippen LogP contribution in [-0.4, -0.2) is 44.7 Å². The van der Waals surface area contributed by atoms with E-state index in [0.717, 1.165) is 18.8 Å². The summed E-state index contributed by atoms with van der Waals surface area (Å²) in [4.78, 5) is 27.0. The molecule has 0 saturated carbocycles. The highest BCUT2D eigenvalue weighted by Gasteiger charge is 2.19. The summed E-state index contributed by atoms with van der Waals surface area (Å²) < 4.78 is 5.40. The number of hydrogen-bond acceptors (Lipinski definition) is 4. The highest BCUT2D eigenvalue weighted by atomic mass is 35.5. The van der Waals surface area contributed by atoms with Crippen molar-refractivity contribution in [2.45, 2.75) is 32.6 Å². The molecule has 3 rings (SSSR count). The van der Waals surface area contributed by atoms with Gasteiger partial charge in [-0.3, -0.25) is 9.59 Å². The summed E-state index contributed by atoms with van der Waals surface area (Å²) in [6.45, 7) is 9.33. The molecule has 0 spiro atoms. The molecular formula is C24H30ClN3O3. The molecule has 166 valence electrons. The third-order valence-electron chi connectivity index (χ3n) is 5.24. The fourth-order valence-electron chi connectivity index (χ4n) is 3.45. The molecule has 0 bridgehead atoms. The van der Waals surface area contributed by atoms with E-state index in [1.165, 1.54) is 5.56 Å². The van der Waals surface area contributed by atoms with Crippen molar-refractivity contribution >= 4 is 34.8 Å². The van der Waals surface area contributed by atoms with Crippen molar-refractivity contribution in [2.75, 3.05) is 43.1 Å². The number of carbonyl (C=O) groups is 2. The first kappa shape index (κ1) is 23.1. The lowest BCUT2D eigenvalue weighted by Gasteiger charge is -2.31. The second-order valence-electron chi connectivity index (χ2n) is 8.62. The van der Waals surface area contributed by atoms with Crippen molar-refractivity contribution in [2.24, 2.45) is 0 Å². The van der Waals surface area contributed by atoms with Gasteiger partial charge in [-0.2, -0.15) is 0 Å². The van der Waals surface area contributed by atoms with E-state index >= 15 is 0 Å². The van der Waals surface area contributed by atoms with Crippen LogP contribution in [0, 0.1) is 0 Å². The Kier molecular flexibility index (Phi) is 7.57. The van der Waals surface area contributed by atoms with Crippen molar-refractivity contribution < 1.29 is 14.3 Å². The Morgan fingerprint density at radius 1 is 1.06 bits per heavy atom. The molecule has 0 aromatic heterocycles. The van der Waals surface area contributed by atoms with Gasteiger partial charge in [0.2, 0.25) is 5.91 Å². The Balaban J connectivity index is 1.54. The second-order valence-corrected chi connectivity index (χ2v) is 9.02. The van der Waals surface area contributed by atoms with Crippen LogP contribution >= 0.6 is 11.6 Å². The van der Waals surface area contributed by atoms with Crippen molar-refractivity contribution in [1.29, 1.82) is 0 Å². The molecule has 1 saturated heterocycles. The van der Waals surface area contributed by atoms with E-state index in [1.54, 1.807) is 0 Å². The maximum absolute atomic E-state index is 12.5. The molecule has 0 radical (unpaired) electrons. The van der Waals surface area contributed by atoms with Gasteiger partial charge < -0.3 is 20.3 Å². The van der Waals surface area contributed by atoms with Crippen LogP contribution < -0.4 is 15.5 Å². The monoisotopic (exact) mass is 443 g/mol. The standard InChI is InChI=1S/C24H30ClN3O3/c1-24(2,3)18-9-7-17(8-10-18)23(30)26-12-11-21(29)27-20-6-4-5-19(25)22(20)28-13-15-31-16-14-28/h4-10H,11-16H2,1-3H3,(H,26,30)(H,27,29). The number of hydrogen-bond donors (Lipinski definition) is 2. The van der Waals surface area contributed by atoms with Crippen molar-refractivity contribution in [3.05, 3.63) is 58.6 Å².